The molecule has 5 nitrogen and oxygen atoms in total. The molecule has 25 heavy (non-hydrogen) atoms. The van der Waals surface area contributed by atoms with Crippen molar-refractivity contribution in [2.24, 2.45) is 5.73 Å². The van der Waals surface area contributed by atoms with Crippen LogP contribution in [0.1, 0.15) is 28.9 Å². The van der Waals surface area contributed by atoms with E-state index in [9.17, 15) is 9.59 Å². The molecule has 3 aromatic rings. The van der Waals surface area contributed by atoms with Gasteiger partial charge in [0.05, 0.1) is 6.04 Å². The number of carbonyl (C=O) groups is 2. The van der Waals surface area contributed by atoms with Gasteiger partial charge in [-0.2, -0.15) is 0 Å². The topological polar surface area (TPSA) is 84.2 Å². The average molecular weight is 333 g/mol. The van der Waals surface area contributed by atoms with Crippen LogP contribution < -0.4 is 16.4 Å². The van der Waals surface area contributed by atoms with Gasteiger partial charge in [0.2, 0.25) is 0 Å². The van der Waals surface area contributed by atoms with Crippen LogP contribution in [-0.4, -0.2) is 11.9 Å². The molecule has 0 aromatic heterocycles. The maximum absolute atomic E-state index is 12.5. The highest BCUT2D eigenvalue weighted by Gasteiger charge is 2.13. The molecule has 1 atom stereocenters. The third kappa shape index (κ3) is 3.77. The molecule has 0 unspecified atom stereocenters. The number of fused-ring (bicyclic) bond motifs is 1. The molecule has 0 fully saturated rings. The van der Waals surface area contributed by atoms with Gasteiger partial charge < -0.3 is 16.4 Å². The Balaban J connectivity index is 1.77. The van der Waals surface area contributed by atoms with E-state index >= 15 is 0 Å². The van der Waals surface area contributed by atoms with E-state index < -0.39 is 6.03 Å². The Morgan fingerprint density at radius 1 is 0.920 bits per heavy atom. The lowest BCUT2D eigenvalue weighted by atomic mass is 9.99. The first kappa shape index (κ1) is 16.5. The molecule has 0 aliphatic rings. The number of anilines is 1. The number of amides is 3. The number of rotatable bonds is 4. The van der Waals surface area contributed by atoms with Gasteiger partial charge in [0.15, 0.2) is 0 Å². The molecule has 0 aliphatic carbocycles. The Kier molecular flexibility index (Phi) is 4.66. The molecule has 0 aliphatic heterocycles. The van der Waals surface area contributed by atoms with E-state index in [-0.39, 0.29) is 11.9 Å². The molecule has 3 aromatic carbocycles. The third-order valence-electron chi connectivity index (χ3n) is 4.05. The summed E-state index contributed by atoms with van der Waals surface area (Å²) in [5.41, 5.74) is 7.20. The fraction of sp³-hybridized carbons (Fsp3) is 0.100. The van der Waals surface area contributed by atoms with Crippen molar-refractivity contribution in [3.05, 3.63) is 77.9 Å². The van der Waals surface area contributed by atoms with Crippen LogP contribution in [0.4, 0.5) is 10.5 Å². The van der Waals surface area contributed by atoms with Crippen molar-refractivity contribution in [1.82, 2.24) is 5.32 Å². The van der Waals surface area contributed by atoms with Crippen molar-refractivity contribution in [3.63, 3.8) is 0 Å². The summed E-state index contributed by atoms with van der Waals surface area (Å²) in [6.07, 6.45) is 0. The second-order valence-electron chi connectivity index (χ2n) is 5.83. The predicted octanol–water partition coefficient (Wildman–Crippen LogP) is 3.82. The van der Waals surface area contributed by atoms with Crippen LogP contribution >= 0.6 is 0 Å². The number of carbonyl (C=O) groups excluding carboxylic acids is 2. The van der Waals surface area contributed by atoms with E-state index in [4.69, 9.17) is 5.73 Å². The highest BCUT2D eigenvalue weighted by atomic mass is 16.2. The molecule has 4 N–H and O–H groups in total. The van der Waals surface area contributed by atoms with E-state index in [1.807, 2.05) is 31.2 Å². The maximum atomic E-state index is 12.5. The van der Waals surface area contributed by atoms with E-state index in [0.717, 1.165) is 16.3 Å². The molecular formula is C20H19N3O2. The van der Waals surface area contributed by atoms with Crippen LogP contribution in [0.2, 0.25) is 0 Å². The standard InChI is InChI=1S/C20H19N3O2/c1-13(17-8-4-6-14-5-2-3-7-18(14)17)22-19(24)15-9-11-16(12-10-15)23-20(21)25/h2-13H,1H3,(H,22,24)(H3,21,23,25)/t13-/m1/s1. The first-order valence-electron chi connectivity index (χ1n) is 7.99. The smallest absolute Gasteiger partial charge is 0.316 e. The predicted molar refractivity (Wildman–Crippen MR) is 99.5 cm³/mol. The van der Waals surface area contributed by atoms with Crippen LogP contribution in [0, 0.1) is 0 Å². The molecule has 0 saturated heterocycles. The molecule has 126 valence electrons. The van der Waals surface area contributed by atoms with Crippen molar-refractivity contribution < 1.29 is 9.59 Å². The average Bonchev–Trinajstić information content (AvgIpc) is 2.61. The highest BCUT2D eigenvalue weighted by molar-refractivity contribution is 5.96. The Labute approximate surface area is 145 Å². The van der Waals surface area contributed by atoms with Crippen LogP contribution in [0.25, 0.3) is 10.8 Å². The first-order chi connectivity index (χ1) is 12.0. The number of benzene rings is 3. The van der Waals surface area contributed by atoms with Gasteiger partial charge in [0.1, 0.15) is 0 Å². The molecule has 5 heteroatoms. The second-order valence-corrected chi connectivity index (χ2v) is 5.83. The minimum Gasteiger partial charge on any atom is -0.351 e. The zero-order valence-electron chi connectivity index (χ0n) is 13.8. The fourth-order valence-electron chi connectivity index (χ4n) is 2.83. The molecular weight excluding hydrogens is 314 g/mol. The van der Waals surface area contributed by atoms with Crippen LogP contribution in [0.5, 0.6) is 0 Å². The quantitative estimate of drug-likeness (QED) is 0.678. The summed E-state index contributed by atoms with van der Waals surface area (Å²) in [6.45, 7) is 1.96. The molecule has 0 spiro atoms. The van der Waals surface area contributed by atoms with E-state index in [2.05, 4.69) is 28.8 Å². The SMILES string of the molecule is C[C@@H](NC(=O)c1ccc(NC(N)=O)cc1)c1cccc2ccccc12. The number of primary amides is 1. The van der Waals surface area contributed by atoms with E-state index in [1.54, 1.807) is 24.3 Å². The number of nitrogens with one attached hydrogen (secondary N) is 2. The summed E-state index contributed by atoms with van der Waals surface area (Å²) in [5, 5.41) is 7.74. The molecule has 3 amide bonds. The zero-order chi connectivity index (χ0) is 17.8. The fourth-order valence-corrected chi connectivity index (χ4v) is 2.83. The normalized spacial score (nSPS) is 11.7. The lowest BCUT2D eigenvalue weighted by Gasteiger charge is -2.17. The Hall–Kier alpha value is -3.34. The van der Waals surface area contributed by atoms with Crippen molar-refractivity contribution in [3.8, 4) is 0 Å². The van der Waals surface area contributed by atoms with E-state index in [1.165, 1.54) is 0 Å². The summed E-state index contributed by atoms with van der Waals surface area (Å²) >= 11 is 0. The lowest BCUT2D eigenvalue weighted by Crippen LogP contribution is -2.26. The van der Waals surface area contributed by atoms with Crippen molar-refractivity contribution in [2.75, 3.05) is 5.32 Å². The van der Waals surface area contributed by atoms with Crippen molar-refractivity contribution in [1.29, 1.82) is 0 Å². The Morgan fingerprint density at radius 2 is 1.60 bits per heavy atom. The van der Waals surface area contributed by atoms with Gasteiger partial charge in [0.25, 0.3) is 5.91 Å². The van der Waals surface area contributed by atoms with Crippen LogP contribution in [-0.2, 0) is 0 Å². The number of urea groups is 1. The zero-order valence-corrected chi connectivity index (χ0v) is 13.8. The monoisotopic (exact) mass is 333 g/mol. The first-order valence-corrected chi connectivity index (χ1v) is 7.99. The number of hydrogen-bond acceptors (Lipinski definition) is 2. The van der Waals surface area contributed by atoms with Gasteiger partial charge in [-0.1, -0.05) is 42.5 Å². The van der Waals surface area contributed by atoms with Gasteiger partial charge in [0, 0.05) is 11.3 Å². The summed E-state index contributed by atoms with van der Waals surface area (Å²) in [7, 11) is 0. The van der Waals surface area contributed by atoms with Crippen LogP contribution in [0.15, 0.2) is 66.7 Å². The highest BCUT2D eigenvalue weighted by Crippen LogP contribution is 2.24. The van der Waals surface area contributed by atoms with Crippen molar-refractivity contribution >= 4 is 28.4 Å². The van der Waals surface area contributed by atoms with Gasteiger partial charge in [-0.25, -0.2) is 4.79 Å². The third-order valence-corrected chi connectivity index (χ3v) is 4.05. The number of nitrogens with two attached hydrogens (primary N) is 1. The Morgan fingerprint density at radius 3 is 2.32 bits per heavy atom. The van der Waals surface area contributed by atoms with Gasteiger partial charge in [-0.15, -0.1) is 0 Å². The molecule has 0 radical (unpaired) electrons. The second kappa shape index (κ2) is 7.05. The Bertz CT molecular complexity index is 914. The van der Waals surface area contributed by atoms with E-state index in [0.29, 0.717) is 11.3 Å². The summed E-state index contributed by atoms with van der Waals surface area (Å²) in [4.78, 5) is 23.3. The summed E-state index contributed by atoms with van der Waals surface area (Å²) in [6, 6.07) is 20.0. The molecule has 0 bridgehead atoms. The molecule has 0 heterocycles. The van der Waals surface area contributed by atoms with Crippen LogP contribution in [0.3, 0.4) is 0 Å². The minimum absolute atomic E-state index is 0.137. The molecule has 3 rings (SSSR count). The maximum Gasteiger partial charge on any atom is 0.316 e. The molecule has 0 saturated carbocycles. The van der Waals surface area contributed by atoms with Gasteiger partial charge in [-0.3, -0.25) is 4.79 Å². The summed E-state index contributed by atoms with van der Waals surface area (Å²) < 4.78 is 0. The lowest BCUT2D eigenvalue weighted by molar-refractivity contribution is 0.0940. The van der Waals surface area contributed by atoms with Crippen molar-refractivity contribution in [2.45, 2.75) is 13.0 Å². The van der Waals surface area contributed by atoms with Gasteiger partial charge >= 0.3 is 6.03 Å². The minimum atomic E-state index is -0.637. The number of hydrogen-bond donors (Lipinski definition) is 3. The largest absolute Gasteiger partial charge is 0.351 e. The van der Waals surface area contributed by atoms with Gasteiger partial charge in [-0.05, 0) is 47.5 Å². The summed E-state index contributed by atoms with van der Waals surface area (Å²) in [5.74, 6) is -0.175.